The fourth-order valence-electron chi connectivity index (χ4n) is 1.14. The Kier molecular flexibility index (Phi) is 2.77. The largest absolute Gasteiger partial charge is 0.396 e. The molecule has 0 radical (unpaired) electrons. The highest BCUT2D eigenvalue weighted by molar-refractivity contribution is 5.88. The lowest BCUT2D eigenvalue weighted by Crippen LogP contribution is -2.20. The van der Waals surface area contributed by atoms with Crippen molar-refractivity contribution in [1.82, 2.24) is 19.7 Å². The van der Waals surface area contributed by atoms with Crippen LogP contribution in [0, 0.1) is 0 Å². The summed E-state index contributed by atoms with van der Waals surface area (Å²) in [6.45, 7) is 0.0788. The Morgan fingerprint density at radius 1 is 1.44 bits per heavy atom. The summed E-state index contributed by atoms with van der Waals surface area (Å²) in [7, 11) is 0. The highest BCUT2D eigenvalue weighted by Gasteiger charge is 2.05. The Morgan fingerprint density at radius 3 is 2.81 bits per heavy atom. The number of nitrogens with two attached hydrogens (primary N) is 1. The Balaban J connectivity index is 1.95. The molecule has 0 saturated carbocycles. The average Bonchev–Trinajstić information content (AvgIpc) is 2.65. The van der Waals surface area contributed by atoms with Gasteiger partial charge in [-0.3, -0.25) is 14.8 Å². The van der Waals surface area contributed by atoms with E-state index in [1.807, 2.05) is 0 Å². The second kappa shape index (κ2) is 4.39. The molecule has 3 N–H and O–H groups in total. The number of rotatable bonds is 3. The number of nitrogens with one attached hydrogen (secondary N) is 1. The number of carbonyl (C=O) groups excluding carboxylic acids is 1. The van der Waals surface area contributed by atoms with Gasteiger partial charge < -0.3 is 5.73 Å². The molecule has 7 nitrogen and oxygen atoms in total. The van der Waals surface area contributed by atoms with Crippen LogP contribution in [0.25, 0.3) is 0 Å². The topological polar surface area (TPSA) is 98.7 Å². The zero-order valence-electron chi connectivity index (χ0n) is 8.37. The highest BCUT2D eigenvalue weighted by atomic mass is 16.2. The summed E-state index contributed by atoms with van der Waals surface area (Å²) in [5.41, 5.74) is 5.98. The van der Waals surface area contributed by atoms with Crippen LogP contribution < -0.4 is 11.1 Å². The van der Waals surface area contributed by atoms with E-state index in [1.165, 1.54) is 10.9 Å². The number of aromatic nitrogens is 4. The van der Waals surface area contributed by atoms with Gasteiger partial charge >= 0.3 is 0 Å². The summed E-state index contributed by atoms with van der Waals surface area (Å²) < 4.78 is 1.44. The fourth-order valence-corrected chi connectivity index (χ4v) is 1.14. The fraction of sp³-hybridized carbons (Fsp3) is 0.111. The lowest BCUT2D eigenvalue weighted by molar-refractivity contribution is -0.116. The number of amides is 1. The predicted octanol–water partition coefficient (Wildman–Crippen LogP) is -0.106. The number of nitrogens with zero attached hydrogens (tertiary/aromatic N) is 4. The molecule has 7 heteroatoms. The van der Waals surface area contributed by atoms with E-state index in [4.69, 9.17) is 5.73 Å². The van der Waals surface area contributed by atoms with Crippen LogP contribution in [0.2, 0.25) is 0 Å². The maximum Gasteiger partial charge on any atom is 0.248 e. The lowest BCUT2D eigenvalue weighted by Gasteiger charge is -2.02. The molecule has 0 aliphatic rings. The normalized spacial score (nSPS) is 10.0. The van der Waals surface area contributed by atoms with Gasteiger partial charge in [0, 0.05) is 18.6 Å². The maximum absolute atomic E-state index is 11.5. The lowest BCUT2D eigenvalue weighted by atomic mass is 10.5. The Labute approximate surface area is 91.3 Å². The van der Waals surface area contributed by atoms with E-state index in [1.54, 1.807) is 24.7 Å². The summed E-state index contributed by atoms with van der Waals surface area (Å²) >= 11 is 0. The number of hydrogen-bond acceptors (Lipinski definition) is 5. The van der Waals surface area contributed by atoms with Gasteiger partial charge in [-0.05, 0) is 6.07 Å². The van der Waals surface area contributed by atoms with E-state index < -0.39 is 0 Å². The zero-order valence-corrected chi connectivity index (χ0v) is 8.37. The number of carbonyl (C=O) groups is 1. The summed E-state index contributed by atoms with van der Waals surface area (Å²) in [5.74, 6) is 0.0157. The molecule has 0 spiro atoms. The number of nitrogen functional groups attached to an aromatic ring is 1. The Hall–Kier alpha value is -2.44. The summed E-state index contributed by atoms with van der Waals surface area (Å²) in [6.07, 6.45) is 6.15. The van der Waals surface area contributed by atoms with Gasteiger partial charge in [-0.25, -0.2) is 9.97 Å². The molecule has 0 aliphatic carbocycles. The molecule has 2 aromatic rings. The minimum absolute atomic E-state index is 0.0788. The van der Waals surface area contributed by atoms with Crippen molar-refractivity contribution in [2.24, 2.45) is 0 Å². The Bertz CT molecular complexity index is 480. The molecule has 0 unspecified atom stereocenters. The van der Waals surface area contributed by atoms with Crippen LogP contribution in [0.5, 0.6) is 0 Å². The predicted molar refractivity (Wildman–Crippen MR) is 57.3 cm³/mol. The van der Waals surface area contributed by atoms with Gasteiger partial charge in [0.05, 0.1) is 11.9 Å². The third-order valence-corrected chi connectivity index (χ3v) is 1.78. The van der Waals surface area contributed by atoms with Crippen LogP contribution in [0.3, 0.4) is 0 Å². The molecule has 1 amide bonds. The molecule has 2 rings (SSSR count). The second-order valence-electron chi connectivity index (χ2n) is 3.09. The van der Waals surface area contributed by atoms with Crippen molar-refractivity contribution in [3.8, 4) is 0 Å². The third-order valence-electron chi connectivity index (χ3n) is 1.78. The number of hydrogen-bond donors (Lipinski definition) is 2. The quantitative estimate of drug-likeness (QED) is 0.749. The molecule has 0 saturated heterocycles. The van der Waals surface area contributed by atoms with Gasteiger partial charge in [-0.2, -0.15) is 5.10 Å². The van der Waals surface area contributed by atoms with Crippen molar-refractivity contribution < 1.29 is 4.79 Å². The minimum atomic E-state index is -0.255. The van der Waals surface area contributed by atoms with Crippen LogP contribution in [0.1, 0.15) is 0 Å². The van der Waals surface area contributed by atoms with Crippen LogP contribution in [0.15, 0.2) is 30.9 Å². The van der Waals surface area contributed by atoms with Gasteiger partial charge in [0.2, 0.25) is 11.9 Å². The van der Waals surface area contributed by atoms with Crippen molar-refractivity contribution in [1.29, 1.82) is 0 Å². The second-order valence-corrected chi connectivity index (χ2v) is 3.09. The molecule has 0 atom stereocenters. The monoisotopic (exact) mass is 218 g/mol. The van der Waals surface area contributed by atoms with Gasteiger partial charge in [0.25, 0.3) is 0 Å². The first-order valence-corrected chi connectivity index (χ1v) is 4.59. The molecule has 0 aliphatic heterocycles. The first-order valence-electron chi connectivity index (χ1n) is 4.59. The molecule has 0 aromatic carbocycles. The SMILES string of the molecule is Nc1cnn(CC(=O)Nc2ncccn2)c1. The van der Waals surface area contributed by atoms with Gasteiger partial charge in [0.1, 0.15) is 6.54 Å². The smallest absolute Gasteiger partial charge is 0.248 e. The van der Waals surface area contributed by atoms with E-state index >= 15 is 0 Å². The maximum atomic E-state index is 11.5. The first-order chi connectivity index (χ1) is 7.74. The van der Waals surface area contributed by atoms with Crippen LogP contribution in [0.4, 0.5) is 11.6 Å². The van der Waals surface area contributed by atoms with Crippen molar-refractivity contribution in [2.45, 2.75) is 6.54 Å². The third kappa shape index (κ3) is 2.53. The average molecular weight is 218 g/mol. The molecule has 2 heterocycles. The van der Waals surface area contributed by atoms with Crippen LogP contribution >= 0.6 is 0 Å². The Morgan fingerprint density at radius 2 is 2.19 bits per heavy atom. The molecule has 82 valence electrons. The van der Waals surface area contributed by atoms with Gasteiger partial charge in [0.15, 0.2) is 0 Å². The molecule has 2 aromatic heterocycles. The molecule has 0 fully saturated rings. The van der Waals surface area contributed by atoms with Crippen molar-refractivity contribution in [3.63, 3.8) is 0 Å². The molecule has 16 heavy (non-hydrogen) atoms. The van der Waals surface area contributed by atoms with E-state index in [2.05, 4.69) is 20.4 Å². The highest BCUT2D eigenvalue weighted by Crippen LogP contribution is 1.99. The summed E-state index contributed by atoms with van der Waals surface area (Å²) in [4.78, 5) is 19.2. The number of anilines is 2. The van der Waals surface area contributed by atoms with Crippen molar-refractivity contribution >= 4 is 17.5 Å². The van der Waals surface area contributed by atoms with Crippen LogP contribution in [-0.4, -0.2) is 25.7 Å². The van der Waals surface area contributed by atoms with Crippen molar-refractivity contribution in [2.75, 3.05) is 11.1 Å². The zero-order chi connectivity index (χ0) is 11.4. The van der Waals surface area contributed by atoms with Crippen molar-refractivity contribution in [3.05, 3.63) is 30.9 Å². The van der Waals surface area contributed by atoms with E-state index in [0.29, 0.717) is 5.69 Å². The van der Waals surface area contributed by atoms with Crippen LogP contribution in [-0.2, 0) is 11.3 Å². The standard InChI is InChI=1S/C9H10N6O/c10-7-4-13-15(5-7)6-8(16)14-9-11-2-1-3-12-9/h1-5H,6,10H2,(H,11,12,14,16). The molecular weight excluding hydrogens is 208 g/mol. The van der Waals surface area contributed by atoms with E-state index in [0.717, 1.165) is 0 Å². The van der Waals surface area contributed by atoms with E-state index in [-0.39, 0.29) is 18.4 Å². The molecular formula is C9H10N6O. The van der Waals surface area contributed by atoms with Gasteiger partial charge in [-0.1, -0.05) is 0 Å². The summed E-state index contributed by atoms with van der Waals surface area (Å²) in [6, 6.07) is 1.67. The first kappa shape index (κ1) is 10.1. The van der Waals surface area contributed by atoms with E-state index in [9.17, 15) is 4.79 Å². The molecule has 0 bridgehead atoms. The summed E-state index contributed by atoms with van der Waals surface area (Å²) in [5, 5.41) is 6.42. The minimum Gasteiger partial charge on any atom is -0.396 e. The van der Waals surface area contributed by atoms with Gasteiger partial charge in [-0.15, -0.1) is 0 Å².